The molecule has 0 unspecified atom stereocenters. The Hall–Kier alpha value is -3.03. The van der Waals surface area contributed by atoms with Gasteiger partial charge in [0.15, 0.2) is 0 Å². The van der Waals surface area contributed by atoms with Crippen molar-refractivity contribution >= 4 is 16.8 Å². The number of carbonyl (C=O) groups is 1. The Balaban J connectivity index is 1.75. The number of fused-ring (bicyclic) bond motifs is 1. The number of hydrogen-bond donors (Lipinski definition) is 1. The molecule has 3 aromatic rings. The highest BCUT2D eigenvalue weighted by Crippen LogP contribution is 2.08. The molecule has 0 aliphatic heterocycles. The Morgan fingerprint density at radius 3 is 2.83 bits per heavy atom. The van der Waals surface area contributed by atoms with Gasteiger partial charge in [-0.15, -0.1) is 5.10 Å². The molecular weight excluding hydrogens is 296 g/mol. The van der Waals surface area contributed by atoms with E-state index in [1.165, 1.54) is 0 Å². The average molecular weight is 312 g/mol. The number of rotatable bonds is 4. The molecule has 8 heteroatoms. The number of benzene rings is 1. The standard InChI is InChI=1S/C15H16N6O2/c1-10(12-7-8-20(2)18-12)16-14(22)9-21-15(23)11-5-3-4-6-13(11)17-19-21/h3-8,10H,9H2,1-2H3,(H,16,22)/t10-/m0/s1. The largest absolute Gasteiger partial charge is 0.346 e. The number of hydrogen-bond acceptors (Lipinski definition) is 5. The van der Waals surface area contributed by atoms with Crippen LogP contribution in [-0.4, -0.2) is 30.7 Å². The van der Waals surface area contributed by atoms with Crippen LogP contribution >= 0.6 is 0 Å². The summed E-state index contributed by atoms with van der Waals surface area (Å²) >= 11 is 0. The summed E-state index contributed by atoms with van der Waals surface area (Å²) in [6, 6.07) is 8.47. The molecule has 8 nitrogen and oxygen atoms in total. The van der Waals surface area contributed by atoms with Gasteiger partial charge < -0.3 is 5.32 Å². The zero-order chi connectivity index (χ0) is 16.4. The lowest BCUT2D eigenvalue weighted by atomic mass is 10.2. The number of carbonyl (C=O) groups excluding carboxylic acids is 1. The van der Waals surface area contributed by atoms with Gasteiger partial charge in [-0.2, -0.15) is 5.10 Å². The minimum Gasteiger partial charge on any atom is -0.346 e. The predicted molar refractivity (Wildman–Crippen MR) is 83.6 cm³/mol. The molecule has 0 saturated heterocycles. The number of amides is 1. The fraction of sp³-hybridized carbons (Fsp3) is 0.267. The van der Waals surface area contributed by atoms with Crippen LogP contribution in [-0.2, 0) is 18.4 Å². The first-order valence-electron chi connectivity index (χ1n) is 7.16. The average Bonchev–Trinajstić information content (AvgIpc) is 2.97. The molecule has 1 atom stereocenters. The Kier molecular flexibility index (Phi) is 3.88. The molecule has 1 amide bonds. The van der Waals surface area contributed by atoms with Crippen molar-refractivity contribution in [2.45, 2.75) is 19.5 Å². The summed E-state index contributed by atoms with van der Waals surface area (Å²) in [5, 5.41) is 15.2. The summed E-state index contributed by atoms with van der Waals surface area (Å²) in [4.78, 5) is 24.4. The molecule has 0 aliphatic rings. The van der Waals surface area contributed by atoms with Crippen molar-refractivity contribution in [1.82, 2.24) is 30.1 Å². The van der Waals surface area contributed by atoms with E-state index in [-0.39, 0.29) is 24.1 Å². The zero-order valence-corrected chi connectivity index (χ0v) is 12.8. The Morgan fingerprint density at radius 2 is 2.09 bits per heavy atom. The van der Waals surface area contributed by atoms with Gasteiger partial charge in [0.05, 0.1) is 17.1 Å². The van der Waals surface area contributed by atoms with Gasteiger partial charge in [-0.05, 0) is 25.1 Å². The fourth-order valence-corrected chi connectivity index (χ4v) is 2.29. The maximum atomic E-state index is 12.3. The van der Waals surface area contributed by atoms with Gasteiger partial charge in [-0.3, -0.25) is 14.3 Å². The van der Waals surface area contributed by atoms with Crippen LogP contribution in [0.1, 0.15) is 18.7 Å². The highest BCUT2D eigenvalue weighted by atomic mass is 16.2. The lowest BCUT2D eigenvalue weighted by Gasteiger charge is -2.12. The Bertz CT molecular complexity index is 913. The molecule has 23 heavy (non-hydrogen) atoms. The molecule has 0 bridgehead atoms. The molecule has 0 radical (unpaired) electrons. The van der Waals surface area contributed by atoms with Gasteiger partial charge in [0.25, 0.3) is 5.56 Å². The summed E-state index contributed by atoms with van der Waals surface area (Å²) in [5.41, 5.74) is 0.921. The molecule has 118 valence electrons. The van der Waals surface area contributed by atoms with E-state index in [1.807, 2.05) is 20.0 Å². The van der Waals surface area contributed by atoms with Crippen molar-refractivity contribution in [2.75, 3.05) is 0 Å². The van der Waals surface area contributed by atoms with Crippen LogP contribution in [0.5, 0.6) is 0 Å². The van der Waals surface area contributed by atoms with Gasteiger partial charge in [0, 0.05) is 13.2 Å². The Labute approximate surface area is 131 Å². The molecule has 1 aromatic carbocycles. The van der Waals surface area contributed by atoms with Crippen molar-refractivity contribution < 1.29 is 4.79 Å². The second-order valence-corrected chi connectivity index (χ2v) is 5.27. The molecule has 3 rings (SSSR count). The van der Waals surface area contributed by atoms with E-state index >= 15 is 0 Å². The number of nitrogens with zero attached hydrogens (tertiary/aromatic N) is 5. The van der Waals surface area contributed by atoms with Crippen LogP contribution < -0.4 is 10.9 Å². The van der Waals surface area contributed by atoms with Crippen LogP contribution in [0.25, 0.3) is 10.9 Å². The van der Waals surface area contributed by atoms with Gasteiger partial charge in [-0.25, -0.2) is 4.68 Å². The number of nitrogens with one attached hydrogen (secondary N) is 1. The summed E-state index contributed by atoms with van der Waals surface area (Å²) in [6.45, 7) is 1.64. The van der Waals surface area contributed by atoms with E-state index in [0.29, 0.717) is 10.9 Å². The normalized spacial score (nSPS) is 12.3. The van der Waals surface area contributed by atoms with Crippen LogP contribution in [0.2, 0.25) is 0 Å². The second-order valence-electron chi connectivity index (χ2n) is 5.27. The van der Waals surface area contributed by atoms with E-state index in [4.69, 9.17) is 0 Å². The fourth-order valence-electron chi connectivity index (χ4n) is 2.29. The summed E-state index contributed by atoms with van der Waals surface area (Å²) < 4.78 is 2.72. The smallest absolute Gasteiger partial charge is 0.278 e. The van der Waals surface area contributed by atoms with Crippen molar-refractivity contribution in [3.8, 4) is 0 Å². The van der Waals surface area contributed by atoms with E-state index in [1.54, 1.807) is 35.1 Å². The Morgan fingerprint density at radius 1 is 1.30 bits per heavy atom. The summed E-state index contributed by atoms with van der Waals surface area (Å²) in [5.74, 6) is -0.324. The molecule has 2 aromatic heterocycles. The first kappa shape index (κ1) is 14.9. The van der Waals surface area contributed by atoms with Crippen LogP contribution in [0.3, 0.4) is 0 Å². The molecule has 1 N–H and O–H groups in total. The molecule has 0 spiro atoms. The lowest BCUT2D eigenvalue weighted by molar-refractivity contribution is -0.122. The van der Waals surface area contributed by atoms with E-state index in [0.717, 1.165) is 10.4 Å². The van der Waals surface area contributed by atoms with Crippen LogP contribution in [0.15, 0.2) is 41.3 Å². The second kappa shape index (κ2) is 5.99. The third kappa shape index (κ3) is 3.10. The first-order valence-corrected chi connectivity index (χ1v) is 7.16. The van der Waals surface area contributed by atoms with Crippen molar-refractivity contribution in [3.63, 3.8) is 0 Å². The number of aryl methyl sites for hydroxylation is 1. The predicted octanol–water partition coefficient (Wildman–Crippen LogP) is 0.402. The summed E-state index contributed by atoms with van der Waals surface area (Å²) in [6.07, 6.45) is 1.80. The minimum atomic E-state index is -0.337. The van der Waals surface area contributed by atoms with Crippen LogP contribution in [0.4, 0.5) is 0 Å². The van der Waals surface area contributed by atoms with Crippen molar-refractivity contribution in [3.05, 3.63) is 52.6 Å². The topological polar surface area (TPSA) is 94.7 Å². The van der Waals surface area contributed by atoms with Gasteiger partial charge >= 0.3 is 0 Å². The molecular formula is C15H16N6O2. The summed E-state index contributed by atoms with van der Waals surface area (Å²) in [7, 11) is 1.81. The molecule has 0 saturated carbocycles. The molecule has 0 fully saturated rings. The van der Waals surface area contributed by atoms with E-state index in [2.05, 4.69) is 20.7 Å². The third-order valence-corrected chi connectivity index (χ3v) is 3.48. The highest BCUT2D eigenvalue weighted by molar-refractivity contribution is 5.78. The highest BCUT2D eigenvalue weighted by Gasteiger charge is 2.14. The maximum Gasteiger partial charge on any atom is 0.278 e. The van der Waals surface area contributed by atoms with Gasteiger partial charge in [0.1, 0.15) is 12.1 Å². The molecule has 0 aliphatic carbocycles. The van der Waals surface area contributed by atoms with Crippen molar-refractivity contribution in [2.24, 2.45) is 7.05 Å². The maximum absolute atomic E-state index is 12.3. The minimum absolute atomic E-state index is 0.187. The van der Waals surface area contributed by atoms with E-state index in [9.17, 15) is 9.59 Å². The van der Waals surface area contributed by atoms with Gasteiger partial charge in [0.2, 0.25) is 5.91 Å². The first-order chi connectivity index (χ1) is 11.0. The number of aromatic nitrogens is 5. The quantitative estimate of drug-likeness (QED) is 0.752. The lowest BCUT2D eigenvalue weighted by Crippen LogP contribution is -2.35. The zero-order valence-electron chi connectivity index (χ0n) is 12.8. The van der Waals surface area contributed by atoms with Crippen molar-refractivity contribution in [1.29, 1.82) is 0 Å². The van der Waals surface area contributed by atoms with E-state index < -0.39 is 0 Å². The molecule has 2 heterocycles. The third-order valence-electron chi connectivity index (χ3n) is 3.48. The monoisotopic (exact) mass is 312 g/mol. The van der Waals surface area contributed by atoms with Gasteiger partial charge in [-0.1, -0.05) is 17.3 Å². The SMILES string of the molecule is C[C@H](NC(=O)Cn1nnc2ccccc2c1=O)c1ccn(C)n1. The van der Waals surface area contributed by atoms with Crippen LogP contribution in [0, 0.1) is 0 Å².